The summed E-state index contributed by atoms with van der Waals surface area (Å²) in [7, 11) is 1.66. The molecule has 2 atom stereocenters. The fourth-order valence-electron chi connectivity index (χ4n) is 3.92. The summed E-state index contributed by atoms with van der Waals surface area (Å²) in [6.07, 6.45) is -0.0882. The number of hydrogen-bond acceptors (Lipinski definition) is 6. The minimum absolute atomic E-state index is 0.112. The number of methoxy groups -OCH3 is 1. The van der Waals surface area contributed by atoms with Gasteiger partial charge >= 0.3 is 0 Å². The van der Waals surface area contributed by atoms with Crippen LogP contribution in [0.5, 0.6) is 11.5 Å². The number of ether oxygens (including phenoxy) is 2. The van der Waals surface area contributed by atoms with Crippen LogP contribution < -0.4 is 9.47 Å². The van der Waals surface area contributed by atoms with Gasteiger partial charge in [0, 0.05) is 31.1 Å². The van der Waals surface area contributed by atoms with Gasteiger partial charge in [-0.15, -0.1) is 0 Å². The maximum Gasteiger partial charge on any atom is 0.145 e. The molecular weight excluding hydrogens is 452 g/mol. The smallest absolute Gasteiger partial charge is 0.145 e. The van der Waals surface area contributed by atoms with E-state index >= 15 is 0 Å². The first-order valence-corrected chi connectivity index (χ1v) is 11.7. The molecule has 1 aliphatic rings. The van der Waals surface area contributed by atoms with Crippen LogP contribution in [0.1, 0.15) is 17.5 Å². The number of nitrogens with zero attached hydrogens (tertiary/aromatic N) is 2. The van der Waals surface area contributed by atoms with Crippen LogP contribution in [0.4, 0.5) is 0 Å². The van der Waals surface area contributed by atoms with Gasteiger partial charge in [0.15, 0.2) is 0 Å². The highest BCUT2D eigenvalue weighted by Crippen LogP contribution is 2.21. The molecule has 0 amide bonds. The van der Waals surface area contributed by atoms with E-state index in [1.807, 2.05) is 78.9 Å². The molecule has 3 aromatic rings. The Morgan fingerprint density at radius 3 is 2.59 bits per heavy atom. The number of aliphatic hydroxyl groups is 1. The van der Waals surface area contributed by atoms with Crippen LogP contribution in [0, 0.1) is 0 Å². The van der Waals surface area contributed by atoms with Gasteiger partial charge < -0.3 is 19.4 Å². The number of benzene rings is 3. The molecule has 0 radical (unpaired) electrons. The van der Waals surface area contributed by atoms with Crippen molar-refractivity contribution in [3.8, 4) is 11.5 Å². The fraction of sp³-hybridized carbons (Fsp3) is 0.296. The van der Waals surface area contributed by atoms with E-state index in [4.69, 9.17) is 25.9 Å². The lowest BCUT2D eigenvalue weighted by molar-refractivity contribution is 0.0213. The van der Waals surface area contributed by atoms with E-state index in [0.717, 1.165) is 28.3 Å². The Hall–Kier alpha value is -3.06. The maximum atomic E-state index is 10.7. The zero-order chi connectivity index (χ0) is 23.8. The van der Waals surface area contributed by atoms with E-state index in [1.165, 1.54) is 0 Å². The molecule has 0 saturated carbocycles. The second-order valence-electron chi connectivity index (χ2n) is 8.30. The molecule has 1 N–H and O–H groups in total. The van der Waals surface area contributed by atoms with E-state index in [2.05, 4.69) is 10.1 Å². The molecule has 0 spiro atoms. The first-order chi connectivity index (χ1) is 16.6. The van der Waals surface area contributed by atoms with Crippen LogP contribution in [-0.2, 0) is 11.4 Å². The molecule has 0 aromatic heterocycles. The predicted molar refractivity (Wildman–Crippen MR) is 134 cm³/mol. The number of para-hydroxylation sites is 1. The van der Waals surface area contributed by atoms with Crippen molar-refractivity contribution < 1.29 is 19.4 Å². The predicted octanol–water partition coefficient (Wildman–Crippen LogP) is 4.78. The van der Waals surface area contributed by atoms with E-state index in [-0.39, 0.29) is 12.7 Å². The lowest BCUT2D eigenvalue weighted by Gasteiger charge is -2.27. The molecule has 34 heavy (non-hydrogen) atoms. The summed E-state index contributed by atoms with van der Waals surface area (Å²) >= 11 is 6.01. The molecule has 178 valence electrons. The fourth-order valence-corrected chi connectivity index (χ4v) is 4.05. The van der Waals surface area contributed by atoms with Crippen molar-refractivity contribution in [2.45, 2.75) is 25.2 Å². The van der Waals surface area contributed by atoms with Crippen molar-refractivity contribution in [2.75, 3.05) is 26.8 Å². The molecular formula is C27H29ClN2O4. The highest BCUT2D eigenvalue weighted by molar-refractivity contribution is 6.30. The topological polar surface area (TPSA) is 63.5 Å². The third-order valence-corrected chi connectivity index (χ3v) is 5.82. The Labute approximate surface area is 205 Å². The van der Waals surface area contributed by atoms with Gasteiger partial charge in [0.2, 0.25) is 0 Å². The summed E-state index contributed by atoms with van der Waals surface area (Å²) in [6, 6.07) is 25.1. The molecule has 0 fully saturated rings. The molecule has 7 heteroatoms. The largest absolute Gasteiger partial charge is 0.497 e. The average Bonchev–Trinajstić information content (AvgIpc) is 3.32. The second kappa shape index (κ2) is 11.9. The monoisotopic (exact) mass is 480 g/mol. The van der Waals surface area contributed by atoms with Gasteiger partial charge in [-0.05, 0) is 47.5 Å². The minimum Gasteiger partial charge on any atom is -0.497 e. The van der Waals surface area contributed by atoms with Crippen LogP contribution in [0.3, 0.4) is 0 Å². The lowest BCUT2D eigenvalue weighted by Crippen LogP contribution is -2.39. The van der Waals surface area contributed by atoms with Crippen molar-refractivity contribution in [1.82, 2.24) is 4.90 Å². The second-order valence-corrected chi connectivity index (χ2v) is 8.74. The van der Waals surface area contributed by atoms with Crippen molar-refractivity contribution in [2.24, 2.45) is 5.16 Å². The Balaban J connectivity index is 1.39. The van der Waals surface area contributed by atoms with Crippen LogP contribution in [0.15, 0.2) is 84.0 Å². The molecule has 6 nitrogen and oxygen atoms in total. The van der Waals surface area contributed by atoms with Gasteiger partial charge in [-0.3, -0.25) is 4.90 Å². The van der Waals surface area contributed by atoms with Crippen molar-refractivity contribution in [3.63, 3.8) is 0 Å². The van der Waals surface area contributed by atoms with Gasteiger partial charge in [-0.2, -0.15) is 0 Å². The number of hydrogen-bond donors (Lipinski definition) is 1. The summed E-state index contributed by atoms with van der Waals surface area (Å²) < 4.78 is 11.1. The first kappa shape index (κ1) is 24.1. The first-order valence-electron chi connectivity index (χ1n) is 11.3. The summed E-state index contributed by atoms with van der Waals surface area (Å²) in [5, 5.41) is 15.7. The van der Waals surface area contributed by atoms with Crippen molar-refractivity contribution in [1.29, 1.82) is 0 Å². The normalized spacial score (nSPS) is 16.1. The Kier molecular flexibility index (Phi) is 8.41. The van der Waals surface area contributed by atoms with Crippen LogP contribution in [0.25, 0.3) is 0 Å². The minimum atomic E-state index is -0.663. The Morgan fingerprint density at radius 2 is 1.82 bits per heavy atom. The number of rotatable bonds is 11. The summed E-state index contributed by atoms with van der Waals surface area (Å²) in [5.41, 5.74) is 2.99. The van der Waals surface area contributed by atoms with Gasteiger partial charge in [-0.1, -0.05) is 59.2 Å². The molecule has 0 bridgehead atoms. The van der Waals surface area contributed by atoms with Crippen LogP contribution >= 0.6 is 11.6 Å². The molecule has 0 unspecified atom stereocenters. The molecule has 3 aromatic carbocycles. The number of halogens is 1. The van der Waals surface area contributed by atoms with E-state index in [0.29, 0.717) is 31.1 Å². The van der Waals surface area contributed by atoms with E-state index in [1.54, 1.807) is 7.11 Å². The Bertz CT molecular complexity index is 1080. The van der Waals surface area contributed by atoms with E-state index in [9.17, 15) is 5.11 Å². The third-order valence-electron chi connectivity index (χ3n) is 5.57. The quantitative estimate of drug-likeness (QED) is 0.427. The van der Waals surface area contributed by atoms with Crippen LogP contribution in [0.2, 0.25) is 5.02 Å². The molecule has 1 aliphatic heterocycles. The van der Waals surface area contributed by atoms with Crippen molar-refractivity contribution >= 4 is 17.3 Å². The van der Waals surface area contributed by atoms with Gasteiger partial charge in [0.25, 0.3) is 0 Å². The number of aliphatic hydroxyl groups excluding tert-OH is 1. The van der Waals surface area contributed by atoms with Gasteiger partial charge in [0.05, 0.1) is 12.8 Å². The highest BCUT2D eigenvalue weighted by atomic mass is 35.5. The Morgan fingerprint density at radius 1 is 1.06 bits per heavy atom. The maximum absolute atomic E-state index is 10.7. The van der Waals surface area contributed by atoms with E-state index < -0.39 is 6.10 Å². The lowest BCUT2D eigenvalue weighted by atomic mass is 10.0. The third kappa shape index (κ3) is 6.97. The zero-order valence-corrected chi connectivity index (χ0v) is 19.9. The van der Waals surface area contributed by atoms with Crippen LogP contribution in [-0.4, -0.2) is 54.7 Å². The SMILES string of the molecule is COc1cccc(CN(C[C@@H](O)COc2ccccc2)C[C@H]2CC(c3ccc(Cl)cc3)=NO2)c1. The standard InChI is InChI=1S/C27H29ClN2O4/c1-32-25-9-5-6-20(14-25)16-30(17-23(31)19-33-24-7-3-2-4-8-24)18-26-15-27(29-34-26)21-10-12-22(28)13-11-21/h2-14,23,26,31H,15-19H2,1H3/t23-,26-/m1/s1. The summed E-state index contributed by atoms with van der Waals surface area (Å²) in [5.74, 6) is 1.54. The highest BCUT2D eigenvalue weighted by Gasteiger charge is 2.26. The summed E-state index contributed by atoms with van der Waals surface area (Å²) in [6.45, 7) is 1.88. The summed E-state index contributed by atoms with van der Waals surface area (Å²) in [4.78, 5) is 7.92. The molecule has 1 heterocycles. The zero-order valence-electron chi connectivity index (χ0n) is 19.1. The molecule has 4 rings (SSSR count). The molecule has 0 saturated heterocycles. The average molecular weight is 481 g/mol. The van der Waals surface area contributed by atoms with Gasteiger partial charge in [0.1, 0.15) is 30.3 Å². The van der Waals surface area contributed by atoms with Crippen molar-refractivity contribution in [3.05, 3.63) is 95.0 Å². The van der Waals surface area contributed by atoms with Gasteiger partial charge in [-0.25, -0.2) is 0 Å². The number of oxime groups is 1. The molecule has 0 aliphatic carbocycles.